The smallest absolute Gasteiger partial charge is 0.325 e. The molecule has 30 heavy (non-hydrogen) atoms. The fourth-order valence-corrected chi connectivity index (χ4v) is 2.03. The number of carboxylic acids is 2. The van der Waals surface area contributed by atoms with Crippen LogP contribution in [0.1, 0.15) is 26.2 Å². The molecule has 0 saturated heterocycles. The molecule has 4 unspecified atom stereocenters. The predicted molar refractivity (Wildman–Crippen MR) is 97.0 cm³/mol. The van der Waals surface area contributed by atoms with Gasteiger partial charge in [0.1, 0.15) is 18.1 Å². The molecular weight excluding hydrogens is 408 g/mol. The van der Waals surface area contributed by atoms with Crippen LogP contribution >= 0.6 is 0 Å². The van der Waals surface area contributed by atoms with Crippen molar-refractivity contribution in [2.24, 2.45) is 17.2 Å². The van der Waals surface area contributed by atoms with E-state index in [-0.39, 0.29) is 0 Å². The molecule has 0 rings (SSSR count). The minimum Gasteiger partial charge on any atom is -0.481 e. The van der Waals surface area contributed by atoms with Crippen molar-refractivity contribution in [3.63, 3.8) is 0 Å². The van der Waals surface area contributed by atoms with Gasteiger partial charge in [-0.25, -0.2) is 0 Å². The maximum absolute atomic E-state index is 12.4. The van der Waals surface area contributed by atoms with E-state index in [1.807, 2.05) is 10.6 Å². The first-order valence-electron chi connectivity index (χ1n) is 8.42. The quantitative estimate of drug-likeness (QED) is 0.137. The minimum absolute atomic E-state index is 0.723. The van der Waals surface area contributed by atoms with Gasteiger partial charge in [-0.15, -0.1) is 0 Å². The monoisotopic (exact) mass is 432 g/mol. The van der Waals surface area contributed by atoms with Gasteiger partial charge in [0.2, 0.25) is 29.5 Å². The zero-order chi connectivity index (χ0) is 23.6. The van der Waals surface area contributed by atoms with Crippen molar-refractivity contribution in [3.8, 4) is 0 Å². The molecule has 4 atom stereocenters. The van der Waals surface area contributed by atoms with Gasteiger partial charge in [0, 0.05) is 0 Å². The Bertz CT molecular complexity index is 725. The number of carbonyl (C=O) groups excluding carboxylic acids is 5. The van der Waals surface area contributed by atoms with Gasteiger partial charge in [-0.3, -0.25) is 33.6 Å². The van der Waals surface area contributed by atoms with E-state index in [0.717, 1.165) is 6.92 Å². The first-order chi connectivity index (χ1) is 13.7. The van der Waals surface area contributed by atoms with E-state index in [0.29, 0.717) is 0 Å². The van der Waals surface area contributed by atoms with E-state index < -0.39 is 84.9 Å². The third-order valence-electron chi connectivity index (χ3n) is 3.54. The second-order valence-corrected chi connectivity index (χ2v) is 6.24. The van der Waals surface area contributed by atoms with Gasteiger partial charge in [-0.2, -0.15) is 0 Å². The Morgan fingerprint density at radius 2 is 1.13 bits per heavy atom. The van der Waals surface area contributed by atoms with Crippen molar-refractivity contribution >= 4 is 41.5 Å². The van der Waals surface area contributed by atoms with Crippen LogP contribution in [0.2, 0.25) is 0 Å². The van der Waals surface area contributed by atoms with Gasteiger partial charge in [-0.05, 0) is 6.92 Å². The maximum atomic E-state index is 12.4. The van der Waals surface area contributed by atoms with Crippen molar-refractivity contribution < 1.29 is 43.8 Å². The van der Waals surface area contributed by atoms with Gasteiger partial charge in [-0.1, -0.05) is 0 Å². The number of rotatable bonds is 13. The van der Waals surface area contributed by atoms with Crippen LogP contribution in [0.25, 0.3) is 0 Å². The van der Waals surface area contributed by atoms with Gasteiger partial charge in [0.25, 0.3) is 0 Å². The Kier molecular flexibility index (Phi) is 10.5. The summed E-state index contributed by atoms with van der Waals surface area (Å²) in [7, 11) is 0. The lowest BCUT2D eigenvalue weighted by Gasteiger charge is -2.23. The maximum Gasteiger partial charge on any atom is 0.325 e. The first kappa shape index (κ1) is 26.2. The molecule has 0 aromatic carbocycles. The summed E-state index contributed by atoms with van der Waals surface area (Å²) in [4.78, 5) is 80.4. The number of nitrogens with one attached hydrogen (secondary N) is 3. The largest absolute Gasteiger partial charge is 0.481 e. The van der Waals surface area contributed by atoms with E-state index in [2.05, 4.69) is 5.32 Å². The summed E-state index contributed by atoms with van der Waals surface area (Å²) in [6.07, 6.45) is -2.23. The van der Waals surface area contributed by atoms with Crippen LogP contribution in [0.15, 0.2) is 0 Å². The lowest BCUT2D eigenvalue weighted by molar-refractivity contribution is -0.142. The fraction of sp³-hybridized carbons (Fsp3) is 0.533. The van der Waals surface area contributed by atoms with E-state index in [4.69, 9.17) is 27.4 Å². The molecule has 0 aliphatic rings. The third-order valence-corrected chi connectivity index (χ3v) is 3.54. The highest BCUT2D eigenvalue weighted by atomic mass is 16.4. The zero-order valence-electron chi connectivity index (χ0n) is 15.9. The van der Waals surface area contributed by atoms with Gasteiger partial charge < -0.3 is 43.4 Å². The molecule has 0 spiro atoms. The average molecular weight is 432 g/mol. The summed E-state index contributed by atoms with van der Waals surface area (Å²) in [6, 6.07) is -6.20. The highest BCUT2D eigenvalue weighted by Crippen LogP contribution is 2.00. The number of amides is 5. The van der Waals surface area contributed by atoms with Crippen LogP contribution in [-0.2, 0) is 33.6 Å². The Labute approximate surface area is 169 Å². The topological polar surface area (TPSA) is 274 Å². The second-order valence-electron chi connectivity index (χ2n) is 6.24. The molecule has 0 bridgehead atoms. The first-order valence-corrected chi connectivity index (χ1v) is 8.42. The van der Waals surface area contributed by atoms with Crippen LogP contribution in [-0.4, -0.2) is 75.9 Å². The van der Waals surface area contributed by atoms with Gasteiger partial charge in [0.05, 0.1) is 25.3 Å². The molecule has 15 heteroatoms. The third kappa shape index (κ3) is 9.98. The number of hydrogen-bond acceptors (Lipinski definition) is 8. The van der Waals surface area contributed by atoms with Crippen LogP contribution in [0.4, 0.5) is 0 Å². The van der Waals surface area contributed by atoms with Gasteiger partial charge >= 0.3 is 11.9 Å². The molecule has 0 aliphatic carbocycles. The summed E-state index contributed by atoms with van der Waals surface area (Å²) in [6.45, 7) is 1.13. The summed E-state index contributed by atoms with van der Waals surface area (Å²) in [5.41, 5.74) is 15.4. The normalized spacial score (nSPS) is 14.3. The standard InChI is InChI=1S/C15H24N6O9/c1-5(15(29)30)19-13(27)7(3-9(17)22)21-14(28)8(4-10(18)23)20-12(26)6(16)2-11(24)25/h5-8H,2-4,16H2,1H3,(H2,17,22)(H2,18,23)(H,19,27)(H,20,26)(H,21,28)(H,24,25)(H,29,30). The minimum atomic E-state index is -1.66. The Morgan fingerprint density at radius 3 is 1.50 bits per heavy atom. The summed E-state index contributed by atoms with van der Waals surface area (Å²) in [5.74, 6) is -8.12. The van der Waals surface area contributed by atoms with Gasteiger partial charge in [0.15, 0.2) is 0 Å². The number of carbonyl (C=O) groups is 7. The molecule has 15 nitrogen and oxygen atoms in total. The van der Waals surface area contributed by atoms with Crippen LogP contribution < -0.4 is 33.2 Å². The van der Waals surface area contributed by atoms with Crippen LogP contribution in [0, 0.1) is 0 Å². The fourth-order valence-electron chi connectivity index (χ4n) is 2.03. The number of carboxylic acid groups (broad SMARTS) is 2. The Hall–Kier alpha value is -3.75. The number of aliphatic carboxylic acids is 2. The lowest BCUT2D eigenvalue weighted by Crippen LogP contribution is -2.58. The molecular formula is C15H24N6O9. The molecule has 168 valence electrons. The molecule has 5 amide bonds. The van der Waals surface area contributed by atoms with Crippen molar-refractivity contribution in [2.45, 2.75) is 50.4 Å². The molecule has 0 fully saturated rings. The zero-order valence-corrected chi connectivity index (χ0v) is 15.9. The average Bonchev–Trinajstić information content (AvgIpc) is 2.58. The van der Waals surface area contributed by atoms with Crippen LogP contribution in [0.3, 0.4) is 0 Å². The highest BCUT2D eigenvalue weighted by molar-refractivity contribution is 5.97. The molecule has 0 heterocycles. The van der Waals surface area contributed by atoms with Crippen molar-refractivity contribution in [1.82, 2.24) is 16.0 Å². The highest BCUT2D eigenvalue weighted by Gasteiger charge is 2.31. The number of hydrogen-bond donors (Lipinski definition) is 8. The Morgan fingerprint density at radius 1 is 0.733 bits per heavy atom. The summed E-state index contributed by atoms with van der Waals surface area (Å²) in [5, 5.41) is 23.6. The number of primary amides is 2. The SMILES string of the molecule is CC(NC(=O)C(CC(N)=O)NC(=O)C(CC(N)=O)NC(=O)C(N)CC(=O)O)C(=O)O. The molecule has 0 radical (unpaired) electrons. The van der Waals surface area contributed by atoms with Crippen LogP contribution in [0.5, 0.6) is 0 Å². The number of nitrogens with two attached hydrogens (primary N) is 3. The molecule has 0 saturated carbocycles. The lowest BCUT2D eigenvalue weighted by atomic mass is 10.1. The van der Waals surface area contributed by atoms with E-state index in [9.17, 15) is 33.6 Å². The molecule has 0 aliphatic heterocycles. The van der Waals surface area contributed by atoms with E-state index in [1.165, 1.54) is 0 Å². The van der Waals surface area contributed by atoms with E-state index in [1.54, 1.807) is 0 Å². The van der Waals surface area contributed by atoms with E-state index >= 15 is 0 Å². The molecule has 0 aromatic heterocycles. The molecule has 11 N–H and O–H groups in total. The predicted octanol–water partition coefficient (Wildman–Crippen LogP) is -4.90. The summed E-state index contributed by atoms with van der Waals surface area (Å²) < 4.78 is 0. The van der Waals surface area contributed by atoms with Crippen molar-refractivity contribution in [2.75, 3.05) is 0 Å². The summed E-state index contributed by atoms with van der Waals surface area (Å²) >= 11 is 0. The molecule has 0 aromatic rings. The van der Waals surface area contributed by atoms with Crippen molar-refractivity contribution in [1.29, 1.82) is 0 Å². The second kappa shape index (κ2) is 11.9. The van der Waals surface area contributed by atoms with Crippen molar-refractivity contribution in [3.05, 3.63) is 0 Å². The Balaban J connectivity index is 5.41.